The number of carbonyl (C=O) groups excluding carboxylic acids is 1. The zero-order valence-corrected chi connectivity index (χ0v) is 19.8. The summed E-state index contributed by atoms with van der Waals surface area (Å²) in [5.41, 5.74) is 4.70. The quantitative estimate of drug-likeness (QED) is 0.641. The van der Waals surface area contributed by atoms with Crippen LogP contribution in [-0.4, -0.2) is 69.7 Å². The van der Waals surface area contributed by atoms with Gasteiger partial charge in [-0.1, -0.05) is 6.07 Å². The molecule has 170 valence electrons. The minimum absolute atomic E-state index is 0.109. The summed E-state index contributed by atoms with van der Waals surface area (Å²) in [4.78, 5) is 22.1. The molecule has 1 amide bonds. The molecule has 3 aromatic rings. The molecule has 1 aliphatic rings. The summed E-state index contributed by atoms with van der Waals surface area (Å²) in [6.45, 7) is 9.55. The Morgan fingerprint density at radius 1 is 1.16 bits per heavy atom. The van der Waals surface area contributed by atoms with Crippen LogP contribution in [0, 0.1) is 0 Å². The molecule has 2 aromatic heterocycles. The Bertz CT molecular complexity index is 1090. The number of likely N-dealkylation sites (tertiary alicyclic amines) is 1. The second kappa shape index (κ2) is 9.00. The third-order valence-electron chi connectivity index (χ3n) is 6.18. The van der Waals surface area contributed by atoms with E-state index >= 15 is 0 Å². The van der Waals surface area contributed by atoms with Gasteiger partial charge >= 0.3 is 0 Å². The van der Waals surface area contributed by atoms with Crippen molar-refractivity contribution in [3.63, 3.8) is 0 Å². The molecular weight excluding hydrogens is 400 g/mol. The summed E-state index contributed by atoms with van der Waals surface area (Å²) >= 11 is 0. The number of piperidine rings is 1. The Morgan fingerprint density at radius 3 is 2.59 bits per heavy atom. The Hall–Kier alpha value is -2.77. The maximum atomic E-state index is 13.1. The number of nitrogens with one attached hydrogen (secondary N) is 2. The number of hydrogen-bond donors (Lipinski definition) is 2. The summed E-state index contributed by atoms with van der Waals surface area (Å²) in [6, 6.07) is 8.39. The van der Waals surface area contributed by atoms with E-state index in [2.05, 4.69) is 57.1 Å². The van der Waals surface area contributed by atoms with Gasteiger partial charge in [0.2, 0.25) is 0 Å². The highest BCUT2D eigenvalue weighted by Crippen LogP contribution is 2.26. The molecule has 0 radical (unpaired) electrons. The number of carbonyl (C=O) groups is 1. The van der Waals surface area contributed by atoms with Gasteiger partial charge < -0.3 is 10.2 Å². The zero-order chi connectivity index (χ0) is 22.9. The van der Waals surface area contributed by atoms with Crippen LogP contribution >= 0.6 is 0 Å². The van der Waals surface area contributed by atoms with Crippen molar-refractivity contribution in [2.24, 2.45) is 0 Å². The Labute approximate surface area is 190 Å². The fourth-order valence-electron chi connectivity index (χ4n) is 4.41. The van der Waals surface area contributed by atoms with E-state index in [1.807, 2.05) is 44.7 Å². The van der Waals surface area contributed by atoms with Gasteiger partial charge in [0.15, 0.2) is 5.69 Å². The van der Waals surface area contributed by atoms with Gasteiger partial charge in [0.25, 0.3) is 5.91 Å². The third-order valence-corrected chi connectivity index (χ3v) is 6.18. The van der Waals surface area contributed by atoms with Gasteiger partial charge in [-0.05, 0) is 77.0 Å². The number of benzene rings is 1. The second-order valence-corrected chi connectivity index (χ2v) is 10.1. The molecular formula is C25H34N6O. The topological polar surface area (TPSA) is 77.1 Å². The molecule has 2 N–H and O–H groups in total. The van der Waals surface area contributed by atoms with Crippen molar-refractivity contribution in [1.29, 1.82) is 0 Å². The van der Waals surface area contributed by atoms with E-state index in [1.165, 1.54) is 0 Å². The summed E-state index contributed by atoms with van der Waals surface area (Å²) < 4.78 is 0. The maximum absolute atomic E-state index is 13.1. The first-order valence-electron chi connectivity index (χ1n) is 11.3. The summed E-state index contributed by atoms with van der Waals surface area (Å²) in [5.74, 6) is -0.109. The average Bonchev–Trinajstić information content (AvgIpc) is 3.16. The van der Waals surface area contributed by atoms with Crippen LogP contribution in [-0.2, 0) is 6.54 Å². The van der Waals surface area contributed by atoms with Gasteiger partial charge in [-0.25, -0.2) is 0 Å². The maximum Gasteiger partial charge on any atom is 0.272 e. The highest BCUT2D eigenvalue weighted by molar-refractivity contribution is 6.05. The molecule has 0 aliphatic carbocycles. The van der Waals surface area contributed by atoms with Crippen LogP contribution in [0.2, 0.25) is 0 Å². The predicted octanol–water partition coefficient (Wildman–Crippen LogP) is 3.68. The number of rotatable bonds is 5. The molecule has 1 saturated heterocycles. The van der Waals surface area contributed by atoms with Crippen LogP contribution < -0.4 is 5.32 Å². The van der Waals surface area contributed by atoms with Crippen molar-refractivity contribution in [1.82, 2.24) is 30.3 Å². The molecule has 0 spiro atoms. The molecule has 1 aromatic carbocycles. The first-order chi connectivity index (χ1) is 15.2. The van der Waals surface area contributed by atoms with E-state index in [1.54, 1.807) is 0 Å². The SMILES string of the molecule is CN(C)Cc1cncc(-c2ccc3[nH]nc(C(=O)NC4CCN(C(C)(C)C)CC4)c3c2)c1. The van der Waals surface area contributed by atoms with Gasteiger partial charge in [0, 0.05) is 54.6 Å². The van der Waals surface area contributed by atoms with Crippen LogP contribution in [0.5, 0.6) is 0 Å². The number of pyridine rings is 1. The lowest BCUT2D eigenvalue weighted by Crippen LogP contribution is -2.50. The molecule has 32 heavy (non-hydrogen) atoms. The number of aromatic amines is 1. The lowest BCUT2D eigenvalue weighted by molar-refractivity contribution is 0.0810. The number of amides is 1. The van der Waals surface area contributed by atoms with Crippen LogP contribution in [0.3, 0.4) is 0 Å². The molecule has 1 aliphatic heterocycles. The molecule has 0 saturated carbocycles. The molecule has 3 heterocycles. The molecule has 7 heteroatoms. The fraction of sp³-hybridized carbons (Fsp3) is 0.480. The largest absolute Gasteiger partial charge is 0.348 e. The summed E-state index contributed by atoms with van der Waals surface area (Å²) in [5, 5.41) is 11.4. The van der Waals surface area contributed by atoms with Crippen molar-refractivity contribution < 1.29 is 4.79 Å². The van der Waals surface area contributed by atoms with Crippen LogP contribution in [0.4, 0.5) is 0 Å². The normalized spacial score (nSPS) is 16.1. The monoisotopic (exact) mass is 434 g/mol. The van der Waals surface area contributed by atoms with Crippen molar-refractivity contribution >= 4 is 16.8 Å². The van der Waals surface area contributed by atoms with Crippen molar-refractivity contribution in [2.45, 2.75) is 51.7 Å². The number of aromatic nitrogens is 3. The van der Waals surface area contributed by atoms with E-state index in [0.29, 0.717) is 5.69 Å². The lowest BCUT2D eigenvalue weighted by Gasteiger charge is -2.40. The van der Waals surface area contributed by atoms with Crippen molar-refractivity contribution in [3.05, 3.63) is 47.9 Å². The Kier molecular flexibility index (Phi) is 6.31. The number of nitrogens with zero attached hydrogens (tertiary/aromatic N) is 4. The standard InChI is InChI=1S/C25H34N6O/c1-25(2,3)31-10-8-20(9-11-31)27-24(32)23-21-13-18(6-7-22(21)28-29-23)19-12-17(14-26-15-19)16-30(4)5/h6-7,12-15,20H,8-11,16H2,1-5H3,(H,27,32)(H,28,29). The van der Waals surface area contributed by atoms with E-state index in [-0.39, 0.29) is 17.5 Å². The van der Waals surface area contributed by atoms with Gasteiger partial charge in [0.05, 0.1) is 5.52 Å². The minimum atomic E-state index is -0.109. The predicted molar refractivity (Wildman–Crippen MR) is 129 cm³/mol. The third kappa shape index (κ3) is 5.00. The van der Waals surface area contributed by atoms with Crippen molar-refractivity contribution in [2.75, 3.05) is 27.2 Å². The average molecular weight is 435 g/mol. The highest BCUT2D eigenvalue weighted by atomic mass is 16.2. The highest BCUT2D eigenvalue weighted by Gasteiger charge is 2.28. The van der Waals surface area contributed by atoms with Crippen LogP contribution in [0.1, 0.15) is 49.7 Å². The molecule has 0 atom stereocenters. The van der Waals surface area contributed by atoms with Crippen LogP contribution in [0.15, 0.2) is 36.7 Å². The number of hydrogen-bond acceptors (Lipinski definition) is 5. The Morgan fingerprint density at radius 2 is 1.91 bits per heavy atom. The molecule has 7 nitrogen and oxygen atoms in total. The number of fused-ring (bicyclic) bond motifs is 1. The smallest absolute Gasteiger partial charge is 0.272 e. The van der Waals surface area contributed by atoms with E-state index in [9.17, 15) is 4.79 Å². The first-order valence-corrected chi connectivity index (χ1v) is 11.3. The molecule has 1 fully saturated rings. The first kappa shape index (κ1) is 22.4. The molecule has 0 bridgehead atoms. The lowest BCUT2D eigenvalue weighted by atomic mass is 9.98. The minimum Gasteiger partial charge on any atom is -0.348 e. The van der Waals surface area contributed by atoms with E-state index in [0.717, 1.165) is 60.1 Å². The van der Waals surface area contributed by atoms with E-state index in [4.69, 9.17) is 0 Å². The molecule has 4 rings (SSSR count). The van der Waals surface area contributed by atoms with E-state index < -0.39 is 0 Å². The zero-order valence-electron chi connectivity index (χ0n) is 19.8. The van der Waals surface area contributed by atoms with Crippen molar-refractivity contribution in [3.8, 4) is 11.1 Å². The fourth-order valence-corrected chi connectivity index (χ4v) is 4.41. The van der Waals surface area contributed by atoms with Crippen LogP contribution in [0.25, 0.3) is 22.0 Å². The Balaban J connectivity index is 1.51. The van der Waals surface area contributed by atoms with Gasteiger partial charge in [-0.3, -0.25) is 19.8 Å². The van der Waals surface area contributed by atoms with Gasteiger partial charge in [0.1, 0.15) is 0 Å². The van der Waals surface area contributed by atoms with Gasteiger partial charge in [-0.2, -0.15) is 5.10 Å². The molecule has 0 unspecified atom stereocenters. The van der Waals surface area contributed by atoms with Gasteiger partial charge in [-0.15, -0.1) is 0 Å². The second-order valence-electron chi connectivity index (χ2n) is 10.1. The summed E-state index contributed by atoms with van der Waals surface area (Å²) in [6.07, 6.45) is 5.68. The summed E-state index contributed by atoms with van der Waals surface area (Å²) in [7, 11) is 4.09. The number of H-pyrrole nitrogens is 1.